The molecule has 0 spiro atoms. The zero-order valence-electron chi connectivity index (χ0n) is 10.5. The van der Waals surface area contributed by atoms with E-state index in [1.54, 1.807) is 24.3 Å². The number of aldehydes is 1. The lowest BCUT2D eigenvalue weighted by Gasteiger charge is -2.09. The average Bonchev–Trinajstić information content (AvgIpc) is 2.47. The molecule has 2 aromatic rings. The standard InChI is InChI=1S/C16H16O3/c17-11-10-16(18)14-6-8-15(9-7-14)19-12-13-4-2-1-3-5-13/h1-9,11,16,18H,10,12H2. The van der Waals surface area contributed by atoms with E-state index in [2.05, 4.69) is 0 Å². The molecule has 0 bridgehead atoms. The molecule has 0 saturated heterocycles. The third-order valence-electron chi connectivity index (χ3n) is 2.83. The van der Waals surface area contributed by atoms with E-state index in [0.29, 0.717) is 12.9 Å². The molecule has 0 heterocycles. The van der Waals surface area contributed by atoms with Gasteiger partial charge in [0.05, 0.1) is 6.10 Å². The molecule has 0 saturated carbocycles. The minimum absolute atomic E-state index is 0.115. The van der Waals surface area contributed by atoms with Crippen LogP contribution in [0.4, 0.5) is 0 Å². The van der Waals surface area contributed by atoms with Crippen molar-refractivity contribution < 1.29 is 14.6 Å². The molecule has 0 aliphatic rings. The van der Waals surface area contributed by atoms with Gasteiger partial charge in [0.1, 0.15) is 18.6 Å². The van der Waals surface area contributed by atoms with Crippen molar-refractivity contribution >= 4 is 6.29 Å². The van der Waals surface area contributed by atoms with Crippen LogP contribution in [0.1, 0.15) is 23.7 Å². The molecule has 2 rings (SSSR count). The lowest BCUT2D eigenvalue weighted by atomic mass is 10.1. The Bertz CT molecular complexity index is 505. The first-order valence-corrected chi connectivity index (χ1v) is 6.18. The van der Waals surface area contributed by atoms with Crippen molar-refractivity contribution in [2.45, 2.75) is 19.1 Å². The van der Waals surface area contributed by atoms with Crippen LogP contribution in [-0.4, -0.2) is 11.4 Å². The summed E-state index contributed by atoms with van der Waals surface area (Å²) in [5.74, 6) is 0.742. The lowest BCUT2D eigenvalue weighted by molar-refractivity contribution is -0.109. The molecule has 0 radical (unpaired) electrons. The van der Waals surface area contributed by atoms with Crippen LogP contribution in [0.15, 0.2) is 54.6 Å². The van der Waals surface area contributed by atoms with Crippen LogP contribution in [0.25, 0.3) is 0 Å². The van der Waals surface area contributed by atoms with E-state index in [4.69, 9.17) is 4.74 Å². The number of aliphatic hydroxyl groups excluding tert-OH is 1. The molecule has 2 aromatic carbocycles. The van der Waals surface area contributed by atoms with E-state index < -0.39 is 6.10 Å². The average molecular weight is 256 g/mol. The quantitative estimate of drug-likeness (QED) is 0.808. The second-order valence-electron chi connectivity index (χ2n) is 4.26. The maximum atomic E-state index is 10.3. The van der Waals surface area contributed by atoms with Crippen LogP contribution < -0.4 is 4.74 Å². The van der Waals surface area contributed by atoms with Gasteiger partial charge >= 0.3 is 0 Å². The normalized spacial score (nSPS) is 11.8. The zero-order chi connectivity index (χ0) is 13.5. The molecule has 98 valence electrons. The molecule has 1 atom stereocenters. The number of rotatable bonds is 6. The van der Waals surface area contributed by atoms with Crippen LogP contribution >= 0.6 is 0 Å². The fourth-order valence-electron chi connectivity index (χ4n) is 1.75. The maximum absolute atomic E-state index is 10.3. The SMILES string of the molecule is O=CCC(O)c1ccc(OCc2ccccc2)cc1. The van der Waals surface area contributed by atoms with E-state index in [1.807, 2.05) is 30.3 Å². The molecular formula is C16H16O3. The monoisotopic (exact) mass is 256 g/mol. The molecule has 3 nitrogen and oxygen atoms in total. The van der Waals surface area contributed by atoms with E-state index >= 15 is 0 Å². The highest BCUT2D eigenvalue weighted by molar-refractivity contribution is 5.51. The van der Waals surface area contributed by atoms with Crippen molar-refractivity contribution in [2.75, 3.05) is 0 Å². The van der Waals surface area contributed by atoms with E-state index in [9.17, 15) is 9.90 Å². The van der Waals surface area contributed by atoms with Crippen molar-refractivity contribution in [1.29, 1.82) is 0 Å². The topological polar surface area (TPSA) is 46.5 Å². The van der Waals surface area contributed by atoms with Crippen molar-refractivity contribution in [3.63, 3.8) is 0 Å². The second kappa shape index (κ2) is 6.71. The Morgan fingerprint density at radius 3 is 2.37 bits per heavy atom. The van der Waals surface area contributed by atoms with Crippen LogP contribution in [0.5, 0.6) is 5.75 Å². The third kappa shape index (κ3) is 3.93. The Morgan fingerprint density at radius 2 is 1.74 bits per heavy atom. The highest BCUT2D eigenvalue weighted by Crippen LogP contribution is 2.20. The Morgan fingerprint density at radius 1 is 1.05 bits per heavy atom. The summed E-state index contributed by atoms with van der Waals surface area (Å²) >= 11 is 0. The Labute approximate surface area is 112 Å². The first-order valence-electron chi connectivity index (χ1n) is 6.18. The number of aliphatic hydroxyl groups is 1. The molecule has 0 fully saturated rings. The molecular weight excluding hydrogens is 240 g/mol. The molecule has 0 aliphatic carbocycles. The number of carbonyl (C=O) groups is 1. The fourth-order valence-corrected chi connectivity index (χ4v) is 1.75. The Hall–Kier alpha value is -2.13. The predicted octanol–water partition coefficient (Wildman–Crippen LogP) is 2.89. The largest absolute Gasteiger partial charge is 0.489 e. The zero-order valence-corrected chi connectivity index (χ0v) is 10.5. The van der Waals surface area contributed by atoms with Gasteiger partial charge < -0.3 is 14.6 Å². The summed E-state index contributed by atoms with van der Waals surface area (Å²) in [6.07, 6.45) is 0.0926. The minimum Gasteiger partial charge on any atom is -0.489 e. The smallest absolute Gasteiger partial charge is 0.122 e. The van der Waals surface area contributed by atoms with Crippen molar-refractivity contribution in [1.82, 2.24) is 0 Å². The molecule has 19 heavy (non-hydrogen) atoms. The van der Waals surface area contributed by atoms with Crippen LogP contribution in [-0.2, 0) is 11.4 Å². The van der Waals surface area contributed by atoms with Gasteiger partial charge in [0, 0.05) is 6.42 Å². The summed E-state index contributed by atoms with van der Waals surface area (Å²) in [5, 5.41) is 9.65. The summed E-state index contributed by atoms with van der Waals surface area (Å²) in [6, 6.07) is 17.0. The molecule has 1 N–H and O–H groups in total. The fraction of sp³-hybridized carbons (Fsp3) is 0.188. The Kier molecular flexibility index (Phi) is 4.70. The first-order chi connectivity index (χ1) is 9.29. The van der Waals surface area contributed by atoms with Crippen LogP contribution in [0, 0.1) is 0 Å². The van der Waals surface area contributed by atoms with Gasteiger partial charge in [0.2, 0.25) is 0 Å². The summed E-state index contributed by atoms with van der Waals surface area (Å²) in [5.41, 5.74) is 1.83. The van der Waals surface area contributed by atoms with E-state index in [-0.39, 0.29) is 6.42 Å². The van der Waals surface area contributed by atoms with Gasteiger partial charge in [-0.3, -0.25) is 0 Å². The number of hydrogen-bond donors (Lipinski definition) is 1. The first kappa shape index (κ1) is 13.3. The minimum atomic E-state index is -0.735. The van der Waals surface area contributed by atoms with Gasteiger partial charge in [-0.05, 0) is 23.3 Å². The van der Waals surface area contributed by atoms with E-state index in [0.717, 1.165) is 16.9 Å². The number of hydrogen-bond acceptors (Lipinski definition) is 3. The van der Waals surface area contributed by atoms with Crippen molar-refractivity contribution in [3.05, 3.63) is 65.7 Å². The highest BCUT2D eigenvalue weighted by atomic mass is 16.5. The lowest BCUT2D eigenvalue weighted by Crippen LogP contribution is -1.99. The van der Waals surface area contributed by atoms with Crippen molar-refractivity contribution in [3.8, 4) is 5.75 Å². The molecule has 0 amide bonds. The van der Waals surface area contributed by atoms with Gasteiger partial charge in [-0.15, -0.1) is 0 Å². The van der Waals surface area contributed by atoms with Gasteiger partial charge in [0.15, 0.2) is 0 Å². The Balaban J connectivity index is 1.93. The van der Waals surface area contributed by atoms with Crippen molar-refractivity contribution in [2.24, 2.45) is 0 Å². The van der Waals surface area contributed by atoms with Gasteiger partial charge in [-0.1, -0.05) is 42.5 Å². The summed E-state index contributed by atoms with van der Waals surface area (Å²) in [4.78, 5) is 10.3. The second-order valence-corrected chi connectivity index (χ2v) is 4.26. The highest BCUT2D eigenvalue weighted by Gasteiger charge is 2.06. The van der Waals surface area contributed by atoms with Crippen LogP contribution in [0.3, 0.4) is 0 Å². The third-order valence-corrected chi connectivity index (χ3v) is 2.83. The van der Waals surface area contributed by atoms with E-state index in [1.165, 1.54) is 0 Å². The molecule has 0 aliphatic heterocycles. The summed E-state index contributed by atoms with van der Waals surface area (Å²) in [7, 11) is 0. The summed E-state index contributed by atoms with van der Waals surface area (Å²) in [6.45, 7) is 0.511. The number of benzene rings is 2. The molecule has 3 heteroatoms. The van der Waals surface area contributed by atoms with Crippen LogP contribution in [0.2, 0.25) is 0 Å². The molecule has 0 aromatic heterocycles. The van der Waals surface area contributed by atoms with Gasteiger partial charge in [-0.2, -0.15) is 0 Å². The maximum Gasteiger partial charge on any atom is 0.122 e. The van der Waals surface area contributed by atoms with Gasteiger partial charge in [0.25, 0.3) is 0 Å². The number of carbonyl (C=O) groups excluding carboxylic acids is 1. The van der Waals surface area contributed by atoms with Gasteiger partial charge in [-0.25, -0.2) is 0 Å². The number of ether oxygens (including phenoxy) is 1. The predicted molar refractivity (Wildman–Crippen MR) is 72.9 cm³/mol. The summed E-state index contributed by atoms with van der Waals surface area (Å²) < 4.78 is 5.64. The molecule has 1 unspecified atom stereocenters.